The smallest absolute Gasteiger partial charge is 0.281 e. The number of hydrogen-bond donors (Lipinski definition) is 0. The van der Waals surface area contributed by atoms with E-state index in [9.17, 15) is 4.79 Å². The van der Waals surface area contributed by atoms with Crippen molar-refractivity contribution in [1.82, 2.24) is 4.90 Å². The Labute approximate surface area is 158 Å². The van der Waals surface area contributed by atoms with Crippen molar-refractivity contribution in [3.63, 3.8) is 0 Å². The zero-order chi connectivity index (χ0) is 18.1. The summed E-state index contributed by atoms with van der Waals surface area (Å²) < 4.78 is 0. The van der Waals surface area contributed by atoms with Crippen LogP contribution in [0.3, 0.4) is 0 Å². The second kappa shape index (κ2) is 7.02. The van der Waals surface area contributed by atoms with Crippen LogP contribution in [0.4, 0.5) is 5.69 Å². The first-order valence-electron chi connectivity index (χ1n) is 7.97. The third kappa shape index (κ3) is 3.34. The van der Waals surface area contributed by atoms with Gasteiger partial charge in [0.2, 0.25) is 0 Å². The molecule has 0 atom stereocenters. The van der Waals surface area contributed by atoms with Gasteiger partial charge < -0.3 is 4.90 Å². The highest BCUT2D eigenvalue weighted by molar-refractivity contribution is 7.98. The molecule has 0 saturated carbocycles. The van der Waals surface area contributed by atoms with Crippen molar-refractivity contribution < 1.29 is 4.79 Å². The molecular formula is C20H20N2OS2. The zero-order valence-electron chi connectivity index (χ0n) is 14.7. The standard InChI is InChI=1S/C20H20N2OS2/c1-13-5-8-16(11-14(13)2)22-19(23)18(21(3)20(22)24)12-15-6-9-17(25-4)10-7-15/h5-12H,1-4H3/b18-12+. The molecule has 0 unspecified atom stereocenters. The number of hydrogen-bond acceptors (Lipinski definition) is 3. The molecule has 2 aromatic rings. The van der Waals surface area contributed by atoms with E-state index < -0.39 is 0 Å². The molecule has 0 radical (unpaired) electrons. The van der Waals surface area contributed by atoms with E-state index >= 15 is 0 Å². The lowest BCUT2D eigenvalue weighted by Crippen LogP contribution is -2.31. The second-order valence-corrected chi connectivity index (χ2v) is 7.30. The summed E-state index contributed by atoms with van der Waals surface area (Å²) in [5, 5.41) is 0.500. The average Bonchev–Trinajstić information content (AvgIpc) is 2.82. The fourth-order valence-electron chi connectivity index (χ4n) is 2.71. The molecule has 1 amide bonds. The van der Waals surface area contributed by atoms with Crippen molar-refractivity contribution >= 4 is 46.8 Å². The number of likely N-dealkylation sites (N-methyl/N-ethyl adjacent to an activating group) is 1. The van der Waals surface area contributed by atoms with Gasteiger partial charge in [0.15, 0.2) is 5.11 Å². The van der Waals surface area contributed by atoms with Crippen LogP contribution < -0.4 is 4.90 Å². The molecule has 0 N–H and O–H groups in total. The van der Waals surface area contributed by atoms with Gasteiger partial charge in [0.05, 0.1) is 5.69 Å². The summed E-state index contributed by atoms with van der Waals surface area (Å²) in [6, 6.07) is 14.1. The molecule has 1 fully saturated rings. The Morgan fingerprint density at radius 1 is 1.04 bits per heavy atom. The number of nitrogens with zero attached hydrogens (tertiary/aromatic N) is 2. The summed E-state index contributed by atoms with van der Waals surface area (Å²) in [5.41, 5.74) is 4.71. The minimum atomic E-state index is -0.0929. The molecule has 0 bridgehead atoms. The molecule has 5 heteroatoms. The van der Waals surface area contributed by atoms with Crippen molar-refractivity contribution in [3.05, 3.63) is 64.9 Å². The minimum absolute atomic E-state index is 0.0929. The van der Waals surface area contributed by atoms with E-state index in [4.69, 9.17) is 12.2 Å². The Morgan fingerprint density at radius 2 is 1.72 bits per heavy atom. The lowest BCUT2D eigenvalue weighted by atomic mass is 10.1. The van der Waals surface area contributed by atoms with E-state index in [0.29, 0.717) is 10.8 Å². The van der Waals surface area contributed by atoms with E-state index in [1.165, 1.54) is 10.5 Å². The summed E-state index contributed by atoms with van der Waals surface area (Å²) in [7, 11) is 1.84. The van der Waals surface area contributed by atoms with Crippen LogP contribution in [0.5, 0.6) is 0 Å². The topological polar surface area (TPSA) is 23.6 Å². The van der Waals surface area contributed by atoms with Crippen LogP contribution in [0.1, 0.15) is 16.7 Å². The van der Waals surface area contributed by atoms with Gasteiger partial charge in [0.1, 0.15) is 5.70 Å². The summed E-state index contributed by atoms with van der Waals surface area (Å²) in [5.74, 6) is -0.0929. The number of carbonyl (C=O) groups excluding carboxylic acids is 1. The molecule has 2 aromatic carbocycles. The first-order chi connectivity index (χ1) is 11.9. The number of amides is 1. The summed E-state index contributed by atoms with van der Waals surface area (Å²) in [4.78, 5) is 17.5. The summed E-state index contributed by atoms with van der Waals surface area (Å²) >= 11 is 7.21. The molecule has 0 spiro atoms. The SMILES string of the molecule is CSc1ccc(/C=C2\C(=O)N(c3ccc(C)c(C)c3)C(=S)N2C)cc1. The average molecular weight is 369 g/mol. The van der Waals surface area contributed by atoms with Crippen LogP contribution in [0.2, 0.25) is 0 Å². The molecule has 1 heterocycles. The molecule has 25 heavy (non-hydrogen) atoms. The number of thiocarbonyl (C=S) groups is 1. The highest BCUT2D eigenvalue weighted by Crippen LogP contribution is 2.29. The number of aryl methyl sites for hydroxylation is 2. The monoisotopic (exact) mass is 368 g/mol. The lowest BCUT2D eigenvalue weighted by molar-refractivity contribution is -0.114. The predicted molar refractivity (Wildman–Crippen MR) is 110 cm³/mol. The summed E-state index contributed by atoms with van der Waals surface area (Å²) in [6.45, 7) is 4.09. The number of carbonyl (C=O) groups is 1. The van der Waals surface area contributed by atoms with Gasteiger partial charge in [-0.1, -0.05) is 18.2 Å². The maximum absolute atomic E-state index is 13.0. The normalized spacial score (nSPS) is 16.2. The molecule has 3 rings (SSSR count). The number of rotatable bonds is 3. The highest BCUT2D eigenvalue weighted by atomic mass is 32.2. The largest absolute Gasteiger partial charge is 0.317 e. The van der Waals surface area contributed by atoms with Crippen molar-refractivity contribution in [1.29, 1.82) is 0 Å². The van der Waals surface area contributed by atoms with Crippen LogP contribution in [0.15, 0.2) is 53.1 Å². The van der Waals surface area contributed by atoms with Crippen LogP contribution in [-0.2, 0) is 4.79 Å². The highest BCUT2D eigenvalue weighted by Gasteiger charge is 2.36. The van der Waals surface area contributed by atoms with Gasteiger partial charge in [0.25, 0.3) is 5.91 Å². The first-order valence-corrected chi connectivity index (χ1v) is 9.61. The Balaban J connectivity index is 1.96. The van der Waals surface area contributed by atoms with Gasteiger partial charge in [-0.25, -0.2) is 0 Å². The van der Waals surface area contributed by atoms with E-state index in [1.807, 2.05) is 56.6 Å². The quantitative estimate of drug-likeness (QED) is 0.448. The Hall–Kier alpha value is -2.11. The van der Waals surface area contributed by atoms with Crippen molar-refractivity contribution in [2.75, 3.05) is 18.2 Å². The number of benzene rings is 2. The van der Waals surface area contributed by atoms with Crippen LogP contribution in [-0.4, -0.2) is 29.2 Å². The Morgan fingerprint density at radius 3 is 2.32 bits per heavy atom. The lowest BCUT2D eigenvalue weighted by Gasteiger charge is -2.17. The number of anilines is 1. The Bertz CT molecular complexity index is 872. The second-order valence-electron chi connectivity index (χ2n) is 6.05. The zero-order valence-corrected chi connectivity index (χ0v) is 16.4. The van der Waals surface area contributed by atoms with Gasteiger partial charge in [0, 0.05) is 11.9 Å². The fraction of sp³-hybridized carbons (Fsp3) is 0.200. The first kappa shape index (κ1) is 17.7. The third-order valence-corrected chi connectivity index (χ3v) is 5.63. The van der Waals surface area contributed by atoms with E-state index in [-0.39, 0.29) is 5.91 Å². The third-order valence-electron chi connectivity index (χ3n) is 4.43. The van der Waals surface area contributed by atoms with Gasteiger partial charge in [-0.05, 0) is 79.4 Å². The van der Waals surface area contributed by atoms with Crippen LogP contribution in [0, 0.1) is 13.8 Å². The molecule has 3 nitrogen and oxygen atoms in total. The van der Waals surface area contributed by atoms with Crippen molar-refractivity contribution in [2.45, 2.75) is 18.7 Å². The fourth-order valence-corrected chi connectivity index (χ4v) is 3.40. The minimum Gasteiger partial charge on any atom is -0.317 e. The summed E-state index contributed by atoms with van der Waals surface area (Å²) in [6.07, 6.45) is 3.93. The number of thioether (sulfide) groups is 1. The molecule has 0 aliphatic carbocycles. The maximum Gasteiger partial charge on any atom is 0.281 e. The predicted octanol–water partition coefficient (Wildman–Crippen LogP) is 4.63. The van der Waals surface area contributed by atoms with Crippen molar-refractivity contribution in [3.8, 4) is 0 Å². The van der Waals surface area contributed by atoms with Gasteiger partial charge in [-0.3, -0.25) is 9.69 Å². The van der Waals surface area contributed by atoms with E-state index in [2.05, 4.69) is 19.1 Å². The van der Waals surface area contributed by atoms with Gasteiger partial charge in [-0.2, -0.15) is 0 Å². The molecule has 1 aliphatic heterocycles. The molecule has 1 saturated heterocycles. The van der Waals surface area contributed by atoms with Crippen LogP contribution in [0.25, 0.3) is 6.08 Å². The maximum atomic E-state index is 13.0. The molecule has 128 valence electrons. The van der Waals surface area contributed by atoms with E-state index in [1.54, 1.807) is 21.6 Å². The molecular weight excluding hydrogens is 348 g/mol. The van der Waals surface area contributed by atoms with Gasteiger partial charge >= 0.3 is 0 Å². The van der Waals surface area contributed by atoms with E-state index in [0.717, 1.165) is 16.8 Å². The molecule has 1 aliphatic rings. The van der Waals surface area contributed by atoms with Crippen molar-refractivity contribution in [2.24, 2.45) is 0 Å². The Kier molecular flexibility index (Phi) is 4.97. The van der Waals surface area contributed by atoms with Gasteiger partial charge in [-0.15, -0.1) is 11.8 Å². The molecule has 0 aromatic heterocycles. The van der Waals surface area contributed by atoms with Crippen LogP contribution >= 0.6 is 24.0 Å².